The van der Waals surface area contributed by atoms with Crippen molar-refractivity contribution in [3.05, 3.63) is 64.4 Å². The molecular weight excluding hydrogens is 278 g/mol. The Labute approximate surface area is 127 Å². The van der Waals surface area contributed by atoms with E-state index in [1.165, 1.54) is 0 Å². The molecule has 2 heterocycles. The van der Waals surface area contributed by atoms with Crippen LogP contribution in [0.2, 0.25) is 0 Å². The van der Waals surface area contributed by atoms with Gasteiger partial charge in [-0.3, -0.25) is 4.79 Å². The van der Waals surface area contributed by atoms with Gasteiger partial charge in [-0.05, 0) is 18.6 Å². The molecule has 0 fully saturated rings. The lowest BCUT2D eigenvalue weighted by atomic mass is 10.2. The second kappa shape index (κ2) is 4.91. The molecule has 4 rings (SSSR count). The average molecular weight is 293 g/mol. The summed E-state index contributed by atoms with van der Waals surface area (Å²) in [6, 6.07) is 15.2. The minimum absolute atomic E-state index is 0.0276. The first-order chi connectivity index (χ1) is 10.8. The van der Waals surface area contributed by atoms with Gasteiger partial charge in [0.2, 0.25) is 0 Å². The highest BCUT2D eigenvalue weighted by atomic mass is 16.6. The van der Waals surface area contributed by atoms with Gasteiger partial charge in [0.25, 0.3) is 5.56 Å². The minimum Gasteiger partial charge on any atom is -0.487 e. The molecule has 110 valence electrons. The van der Waals surface area contributed by atoms with E-state index in [0.29, 0.717) is 18.9 Å². The van der Waals surface area contributed by atoms with E-state index in [1.54, 1.807) is 10.6 Å². The molecule has 0 saturated heterocycles. The van der Waals surface area contributed by atoms with Crippen LogP contribution < -0.4 is 15.0 Å². The van der Waals surface area contributed by atoms with Crippen molar-refractivity contribution < 1.29 is 9.47 Å². The third-order valence-electron chi connectivity index (χ3n) is 3.87. The van der Waals surface area contributed by atoms with E-state index in [0.717, 1.165) is 28.0 Å². The fourth-order valence-corrected chi connectivity index (χ4v) is 2.74. The van der Waals surface area contributed by atoms with Crippen molar-refractivity contribution >= 4 is 10.9 Å². The smallest absolute Gasteiger partial charge is 0.251 e. The highest BCUT2D eigenvalue weighted by Gasteiger charge is 2.28. The van der Waals surface area contributed by atoms with Crippen molar-refractivity contribution in [3.8, 4) is 17.2 Å². The predicted molar refractivity (Wildman–Crippen MR) is 84.7 cm³/mol. The zero-order valence-electron chi connectivity index (χ0n) is 12.2. The Hall–Kier alpha value is -2.75. The first-order valence-corrected chi connectivity index (χ1v) is 7.33. The second-order valence-electron chi connectivity index (χ2n) is 5.26. The topological polar surface area (TPSA) is 43.8 Å². The SMILES string of the molecule is CCn1c(=O)ccc2c3c(cc(OCc4ccccc4)c21)O3. The average Bonchev–Trinajstić information content (AvgIpc) is 3.33. The van der Waals surface area contributed by atoms with E-state index in [1.807, 2.05) is 49.4 Å². The Morgan fingerprint density at radius 2 is 1.95 bits per heavy atom. The first-order valence-electron chi connectivity index (χ1n) is 7.33. The Kier molecular flexibility index (Phi) is 2.89. The van der Waals surface area contributed by atoms with Gasteiger partial charge in [0, 0.05) is 24.1 Å². The van der Waals surface area contributed by atoms with Crippen molar-refractivity contribution in [1.82, 2.24) is 4.57 Å². The summed E-state index contributed by atoms with van der Waals surface area (Å²) >= 11 is 0. The maximum Gasteiger partial charge on any atom is 0.251 e. The summed E-state index contributed by atoms with van der Waals surface area (Å²) in [4.78, 5) is 12.1. The molecule has 0 N–H and O–H groups in total. The number of ether oxygens (including phenoxy) is 2. The number of benzene rings is 2. The lowest BCUT2D eigenvalue weighted by molar-refractivity contribution is 0.308. The van der Waals surface area contributed by atoms with Crippen LogP contribution in [0.1, 0.15) is 12.5 Å². The summed E-state index contributed by atoms with van der Waals surface area (Å²) < 4.78 is 13.2. The van der Waals surface area contributed by atoms with Crippen LogP contribution in [0.4, 0.5) is 0 Å². The van der Waals surface area contributed by atoms with Crippen LogP contribution in [0, 0.1) is 0 Å². The molecule has 0 spiro atoms. The van der Waals surface area contributed by atoms with Gasteiger partial charge in [-0.15, -0.1) is 0 Å². The van der Waals surface area contributed by atoms with Gasteiger partial charge in [-0.1, -0.05) is 30.3 Å². The fraction of sp³-hybridized carbons (Fsp3) is 0.167. The monoisotopic (exact) mass is 293 g/mol. The molecular formula is C18H15NO3. The molecule has 1 aliphatic heterocycles. The largest absolute Gasteiger partial charge is 0.487 e. The molecule has 0 amide bonds. The van der Waals surface area contributed by atoms with E-state index in [-0.39, 0.29) is 5.56 Å². The van der Waals surface area contributed by atoms with E-state index < -0.39 is 0 Å². The molecule has 4 heteroatoms. The Morgan fingerprint density at radius 1 is 1.14 bits per heavy atom. The number of nitrogens with zero attached hydrogens (tertiary/aromatic N) is 1. The van der Waals surface area contributed by atoms with Crippen molar-refractivity contribution in [2.75, 3.05) is 0 Å². The molecule has 0 atom stereocenters. The lowest BCUT2D eigenvalue weighted by Crippen LogP contribution is -2.18. The molecule has 0 radical (unpaired) electrons. The Balaban J connectivity index is 1.81. The maximum absolute atomic E-state index is 12.1. The number of pyridine rings is 1. The van der Waals surface area contributed by atoms with Gasteiger partial charge in [-0.25, -0.2) is 0 Å². The highest BCUT2D eigenvalue weighted by Crippen LogP contribution is 2.53. The summed E-state index contributed by atoms with van der Waals surface area (Å²) in [6.07, 6.45) is 0. The zero-order chi connectivity index (χ0) is 15.1. The number of hydrogen-bond acceptors (Lipinski definition) is 3. The van der Waals surface area contributed by atoms with Gasteiger partial charge >= 0.3 is 0 Å². The molecule has 1 aliphatic rings. The van der Waals surface area contributed by atoms with Crippen LogP contribution in [-0.4, -0.2) is 4.57 Å². The maximum atomic E-state index is 12.1. The van der Waals surface area contributed by atoms with Crippen LogP contribution in [0.15, 0.2) is 53.3 Å². The van der Waals surface area contributed by atoms with Crippen molar-refractivity contribution in [2.45, 2.75) is 20.1 Å². The van der Waals surface area contributed by atoms with Crippen molar-refractivity contribution in [3.63, 3.8) is 0 Å². The van der Waals surface area contributed by atoms with Crippen LogP contribution >= 0.6 is 0 Å². The lowest BCUT2D eigenvalue weighted by Gasteiger charge is -2.12. The predicted octanol–water partition coefficient (Wildman–Crippen LogP) is 3.71. The van der Waals surface area contributed by atoms with Gasteiger partial charge < -0.3 is 14.0 Å². The van der Waals surface area contributed by atoms with Crippen molar-refractivity contribution in [2.24, 2.45) is 0 Å². The highest BCUT2D eigenvalue weighted by molar-refractivity contribution is 5.97. The molecule has 0 saturated carbocycles. The van der Waals surface area contributed by atoms with E-state index in [4.69, 9.17) is 9.47 Å². The third-order valence-corrected chi connectivity index (χ3v) is 3.87. The first kappa shape index (κ1) is 13.0. The molecule has 0 unspecified atom stereocenters. The van der Waals surface area contributed by atoms with Crippen LogP contribution in [0.5, 0.6) is 17.2 Å². The number of rotatable bonds is 4. The number of fused-ring (bicyclic) bond motifs is 3. The van der Waals surface area contributed by atoms with Crippen LogP contribution in [-0.2, 0) is 13.2 Å². The van der Waals surface area contributed by atoms with Gasteiger partial charge in [0.05, 0.1) is 5.52 Å². The number of aryl methyl sites for hydroxylation is 1. The normalized spacial score (nSPS) is 11.9. The van der Waals surface area contributed by atoms with Gasteiger partial charge in [-0.2, -0.15) is 0 Å². The third kappa shape index (κ3) is 2.04. The number of hydrogen-bond donors (Lipinski definition) is 0. The van der Waals surface area contributed by atoms with Crippen LogP contribution in [0.25, 0.3) is 10.9 Å². The fourth-order valence-electron chi connectivity index (χ4n) is 2.74. The summed E-state index contributed by atoms with van der Waals surface area (Å²) in [5, 5.41) is 0.932. The number of aromatic nitrogens is 1. The van der Waals surface area contributed by atoms with Crippen molar-refractivity contribution in [1.29, 1.82) is 0 Å². The van der Waals surface area contributed by atoms with E-state index in [2.05, 4.69) is 0 Å². The van der Waals surface area contributed by atoms with E-state index >= 15 is 0 Å². The quantitative estimate of drug-likeness (QED) is 0.539. The zero-order valence-corrected chi connectivity index (χ0v) is 12.2. The summed E-state index contributed by atoms with van der Waals surface area (Å²) in [5.41, 5.74) is 1.87. The van der Waals surface area contributed by atoms with E-state index in [9.17, 15) is 4.79 Å². The standard InChI is InChI=1S/C18H15NO3/c1-2-19-16(20)9-8-13-17(19)14(10-15-18(13)22-15)21-11-12-6-4-3-5-7-12/h3-10H,2,11H2,1H3. The van der Waals surface area contributed by atoms with Crippen LogP contribution in [0.3, 0.4) is 0 Å². The van der Waals surface area contributed by atoms with Gasteiger partial charge in [0.1, 0.15) is 12.4 Å². The molecule has 2 aromatic carbocycles. The molecule has 4 nitrogen and oxygen atoms in total. The molecule has 22 heavy (non-hydrogen) atoms. The summed E-state index contributed by atoms with van der Waals surface area (Å²) in [6.45, 7) is 3.01. The molecule has 3 aromatic rings. The molecule has 0 bridgehead atoms. The molecule has 1 aromatic heterocycles. The van der Waals surface area contributed by atoms with Gasteiger partial charge in [0.15, 0.2) is 11.5 Å². The minimum atomic E-state index is -0.0276. The molecule has 0 aliphatic carbocycles. The summed E-state index contributed by atoms with van der Waals surface area (Å²) in [5.74, 6) is 2.37. The Bertz CT molecular complexity index is 913. The second-order valence-corrected chi connectivity index (χ2v) is 5.26. The summed E-state index contributed by atoms with van der Waals surface area (Å²) in [7, 11) is 0. The Morgan fingerprint density at radius 3 is 2.73 bits per heavy atom.